The quantitative estimate of drug-likeness (QED) is 0.388. The normalized spacial score (nSPS) is 14.4. The zero-order valence-corrected chi connectivity index (χ0v) is 18.1. The van der Waals surface area contributed by atoms with Gasteiger partial charge in [0.15, 0.2) is 11.4 Å². The minimum atomic E-state index is -3.86. The fourth-order valence-corrected chi connectivity index (χ4v) is 4.58. The Morgan fingerprint density at radius 3 is 2.55 bits per heavy atom. The number of aromatic amines is 1. The van der Waals surface area contributed by atoms with Crippen LogP contribution in [-0.2, 0) is 14.8 Å². The molecular weight excluding hydrogens is 448 g/mol. The Morgan fingerprint density at radius 2 is 1.76 bits per heavy atom. The Labute approximate surface area is 188 Å². The predicted octanol–water partition coefficient (Wildman–Crippen LogP) is 2.29. The number of rotatable bonds is 6. The van der Waals surface area contributed by atoms with E-state index in [4.69, 9.17) is 9.15 Å². The van der Waals surface area contributed by atoms with Crippen LogP contribution in [0.1, 0.15) is 0 Å². The van der Waals surface area contributed by atoms with Crippen LogP contribution in [0.5, 0.6) is 0 Å². The van der Waals surface area contributed by atoms with Crippen LogP contribution >= 0.6 is 0 Å². The van der Waals surface area contributed by atoms with Crippen LogP contribution < -0.4 is 20.7 Å². The van der Waals surface area contributed by atoms with Gasteiger partial charge in [0, 0.05) is 30.5 Å². The van der Waals surface area contributed by atoms with Gasteiger partial charge in [-0.1, -0.05) is 0 Å². The molecule has 1 fully saturated rings. The summed E-state index contributed by atoms with van der Waals surface area (Å²) < 4.78 is 38.3. The van der Waals surface area contributed by atoms with E-state index in [2.05, 4.69) is 30.1 Å². The molecule has 11 nitrogen and oxygen atoms in total. The van der Waals surface area contributed by atoms with Crippen molar-refractivity contribution in [2.24, 2.45) is 0 Å². The molecule has 0 aliphatic carbocycles. The second-order valence-electron chi connectivity index (χ2n) is 7.38. The third-order valence-electron chi connectivity index (χ3n) is 5.13. The Morgan fingerprint density at radius 1 is 1.00 bits per heavy atom. The van der Waals surface area contributed by atoms with E-state index in [1.54, 1.807) is 30.5 Å². The summed E-state index contributed by atoms with van der Waals surface area (Å²) >= 11 is 0. The average molecular weight is 468 g/mol. The van der Waals surface area contributed by atoms with Crippen molar-refractivity contribution in [2.75, 3.05) is 41.2 Å². The number of anilines is 4. The topological polar surface area (TPSA) is 142 Å². The molecule has 0 atom stereocenters. The molecule has 4 aromatic rings. The van der Waals surface area contributed by atoms with Crippen LogP contribution in [0.25, 0.3) is 11.1 Å². The number of sulfonamides is 1. The van der Waals surface area contributed by atoms with Crippen LogP contribution in [0.4, 0.5) is 22.9 Å². The van der Waals surface area contributed by atoms with Gasteiger partial charge in [0.05, 0.1) is 35.5 Å². The zero-order valence-electron chi connectivity index (χ0n) is 17.3. The van der Waals surface area contributed by atoms with E-state index in [1.807, 2.05) is 6.07 Å². The van der Waals surface area contributed by atoms with Gasteiger partial charge in [0.2, 0.25) is 0 Å². The summed E-state index contributed by atoms with van der Waals surface area (Å²) in [6.07, 6.45) is 1.71. The van der Waals surface area contributed by atoms with E-state index in [0.717, 1.165) is 24.5 Å². The number of hydrogen-bond donors (Lipinski definition) is 3. The van der Waals surface area contributed by atoms with Crippen LogP contribution in [0.15, 0.2) is 68.8 Å². The van der Waals surface area contributed by atoms with Crippen molar-refractivity contribution < 1.29 is 17.6 Å². The number of oxazole rings is 1. The molecule has 0 radical (unpaired) electrons. The smallest absolute Gasteiger partial charge is 0.408 e. The van der Waals surface area contributed by atoms with Gasteiger partial charge in [0.1, 0.15) is 0 Å². The van der Waals surface area contributed by atoms with Gasteiger partial charge in [-0.2, -0.15) is 5.10 Å². The Hall–Kier alpha value is -3.90. The van der Waals surface area contributed by atoms with Gasteiger partial charge in [-0.15, -0.1) is 5.10 Å². The molecule has 3 N–H and O–H groups in total. The molecule has 5 rings (SSSR count). The number of benzene rings is 2. The molecule has 0 amide bonds. The minimum Gasteiger partial charge on any atom is -0.408 e. The van der Waals surface area contributed by atoms with Gasteiger partial charge in [-0.3, -0.25) is 9.71 Å². The number of nitrogens with zero attached hydrogens (tertiary/aromatic N) is 3. The molecule has 0 saturated carbocycles. The van der Waals surface area contributed by atoms with Crippen molar-refractivity contribution in [1.82, 2.24) is 15.2 Å². The number of morpholine rings is 1. The molecule has 1 saturated heterocycles. The molecular formula is C21H20N6O5S. The maximum absolute atomic E-state index is 12.7. The fraction of sp³-hybridized carbons (Fsp3) is 0.190. The summed E-state index contributed by atoms with van der Waals surface area (Å²) in [7, 11) is -3.86. The maximum Gasteiger partial charge on any atom is 0.417 e. The molecule has 33 heavy (non-hydrogen) atoms. The maximum atomic E-state index is 12.7. The summed E-state index contributed by atoms with van der Waals surface area (Å²) in [5.74, 6) is -0.0644. The summed E-state index contributed by atoms with van der Waals surface area (Å²) in [6.45, 7) is 2.94. The van der Waals surface area contributed by atoms with E-state index in [-0.39, 0.29) is 10.5 Å². The van der Waals surface area contributed by atoms with Crippen molar-refractivity contribution in [3.63, 3.8) is 0 Å². The molecule has 2 aromatic heterocycles. The highest BCUT2D eigenvalue weighted by molar-refractivity contribution is 7.92. The lowest BCUT2D eigenvalue weighted by Gasteiger charge is -2.28. The third kappa shape index (κ3) is 4.66. The molecule has 2 aromatic carbocycles. The average Bonchev–Trinajstić information content (AvgIpc) is 3.20. The Balaban J connectivity index is 1.28. The van der Waals surface area contributed by atoms with E-state index in [1.165, 1.54) is 18.2 Å². The van der Waals surface area contributed by atoms with E-state index < -0.39 is 15.8 Å². The monoisotopic (exact) mass is 468 g/mol. The first-order valence-corrected chi connectivity index (χ1v) is 11.6. The number of aromatic nitrogens is 3. The third-order valence-corrected chi connectivity index (χ3v) is 6.51. The molecule has 0 spiro atoms. The lowest BCUT2D eigenvalue weighted by molar-refractivity contribution is 0.122. The molecule has 0 unspecified atom stereocenters. The van der Waals surface area contributed by atoms with Crippen LogP contribution in [0, 0.1) is 0 Å². The van der Waals surface area contributed by atoms with Crippen molar-refractivity contribution in [2.45, 2.75) is 4.90 Å². The standard InChI is InChI=1S/C21H20N6O5S/c28-21-24-18-12-17(5-6-19(18)32-21)33(29,30)26-15-3-1-14(2-4-15)23-20-11-16(13-22-25-20)27-7-9-31-10-8-27/h1-6,11-13,26H,7-10H2,(H,23,25)(H,24,28). The van der Waals surface area contributed by atoms with Gasteiger partial charge in [0.25, 0.3) is 10.0 Å². The first kappa shape index (κ1) is 21.0. The van der Waals surface area contributed by atoms with Crippen LogP contribution in [0.2, 0.25) is 0 Å². The number of hydrogen-bond acceptors (Lipinski definition) is 9. The molecule has 12 heteroatoms. The lowest BCUT2D eigenvalue weighted by Crippen LogP contribution is -2.36. The molecule has 1 aliphatic heterocycles. The predicted molar refractivity (Wildman–Crippen MR) is 122 cm³/mol. The van der Waals surface area contributed by atoms with E-state index >= 15 is 0 Å². The highest BCUT2D eigenvalue weighted by Gasteiger charge is 2.16. The van der Waals surface area contributed by atoms with Crippen molar-refractivity contribution in [1.29, 1.82) is 0 Å². The van der Waals surface area contributed by atoms with Gasteiger partial charge in [-0.25, -0.2) is 13.2 Å². The number of fused-ring (bicyclic) bond motifs is 1. The first-order valence-electron chi connectivity index (χ1n) is 10.1. The van der Waals surface area contributed by atoms with Crippen LogP contribution in [0.3, 0.4) is 0 Å². The molecule has 1 aliphatic rings. The zero-order chi connectivity index (χ0) is 22.8. The minimum absolute atomic E-state index is 0.00412. The second kappa shape index (κ2) is 8.56. The van der Waals surface area contributed by atoms with Crippen molar-refractivity contribution >= 4 is 44.0 Å². The van der Waals surface area contributed by atoms with Crippen molar-refractivity contribution in [3.8, 4) is 0 Å². The summed E-state index contributed by atoms with van der Waals surface area (Å²) in [4.78, 5) is 15.9. The Bertz CT molecular complexity index is 1440. The number of H-pyrrole nitrogens is 1. The summed E-state index contributed by atoms with van der Waals surface area (Å²) in [5, 5.41) is 11.4. The summed E-state index contributed by atoms with van der Waals surface area (Å²) in [5.41, 5.74) is 2.66. The van der Waals surface area contributed by atoms with Crippen molar-refractivity contribution in [3.05, 3.63) is 65.3 Å². The number of ether oxygens (including phenoxy) is 1. The van der Waals surface area contributed by atoms with E-state index in [9.17, 15) is 13.2 Å². The lowest BCUT2D eigenvalue weighted by atomic mass is 10.3. The first-order chi connectivity index (χ1) is 16.0. The summed E-state index contributed by atoms with van der Waals surface area (Å²) in [6, 6.07) is 12.8. The van der Waals surface area contributed by atoms with Crippen LogP contribution in [-0.4, -0.2) is 49.9 Å². The second-order valence-corrected chi connectivity index (χ2v) is 9.06. The van der Waals surface area contributed by atoms with Gasteiger partial charge >= 0.3 is 5.76 Å². The largest absolute Gasteiger partial charge is 0.417 e. The van der Waals surface area contributed by atoms with Gasteiger partial charge < -0.3 is 19.4 Å². The molecule has 170 valence electrons. The van der Waals surface area contributed by atoms with E-state index in [0.29, 0.717) is 30.2 Å². The highest BCUT2D eigenvalue weighted by atomic mass is 32.2. The Kier molecular flexibility index (Phi) is 5.44. The number of nitrogens with one attached hydrogen (secondary N) is 3. The van der Waals surface area contributed by atoms with Gasteiger partial charge in [-0.05, 0) is 42.5 Å². The fourth-order valence-electron chi connectivity index (χ4n) is 3.49. The molecule has 3 heterocycles. The highest BCUT2D eigenvalue weighted by Crippen LogP contribution is 2.24. The SMILES string of the molecule is O=c1[nH]c2cc(S(=O)(=O)Nc3ccc(Nc4cc(N5CCOCC5)cnn4)cc3)ccc2o1. The molecule has 0 bridgehead atoms.